The molecule has 16 heavy (non-hydrogen) atoms. The number of hydrogen-bond donors (Lipinski definition) is 2. The highest BCUT2D eigenvalue weighted by atomic mass is 79.9. The molecule has 0 fully saturated rings. The lowest BCUT2D eigenvalue weighted by Crippen LogP contribution is -2.42. The quantitative estimate of drug-likeness (QED) is 0.830. The van der Waals surface area contributed by atoms with Crippen LogP contribution < -0.4 is 11.1 Å². The molecule has 0 saturated heterocycles. The Hall–Kier alpha value is -0.400. The van der Waals surface area contributed by atoms with Crippen LogP contribution in [0.2, 0.25) is 0 Å². The van der Waals surface area contributed by atoms with Gasteiger partial charge in [0.1, 0.15) is 21.1 Å². The molecule has 0 bridgehead atoms. The lowest BCUT2D eigenvalue weighted by Gasteiger charge is -2.15. The van der Waals surface area contributed by atoms with Crippen LogP contribution >= 0.6 is 31.9 Å². The summed E-state index contributed by atoms with van der Waals surface area (Å²) in [6.07, 6.45) is 0.791. The van der Waals surface area contributed by atoms with Crippen LogP contribution in [0, 0.1) is 0 Å². The second-order valence-corrected chi connectivity index (χ2v) is 4.82. The van der Waals surface area contributed by atoms with Gasteiger partial charge in [-0.2, -0.15) is 0 Å². The van der Waals surface area contributed by atoms with Crippen molar-refractivity contribution in [3.05, 3.63) is 15.0 Å². The Labute approximate surface area is 111 Å². The largest absolute Gasteiger partial charge is 0.368 e. The Balaban J connectivity index is 2.99. The minimum absolute atomic E-state index is 0.374. The zero-order chi connectivity index (χ0) is 12.3. The molecule has 0 aliphatic rings. The lowest BCUT2D eigenvalue weighted by molar-refractivity contribution is -0.120. The highest BCUT2D eigenvalue weighted by Gasteiger charge is 2.18. The van der Waals surface area contributed by atoms with Crippen molar-refractivity contribution in [3.8, 4) is 0 Å². The van der Waals surface area contributed by atoms with Crippen molar-refractivity contribution in [1.29, 1.82) is 0 Å². The Kier molecular flexibility index (Phi) is 4.94. The normalized spacial score (nSPS) is 12.8. The van der Waals surface area contributed by atoms with E-state index in [4.69, 9.17) is 5.73 Å². The van der Waals surface area contributed by atoms with Crippen LogP contribution in [0.3, 0.4) is 0 Å². The molecule has 0 aromatic carbocycles. The highest BCUT2D eigenvalue weighted by Crippen LogP contribution is 2.24. The average Bonchev–Trinajstić information content (AvgIpc) is 2.51. The Morgan fingerprint density at radius 2 is 2.25 bits per heavy atom. The minimum atomic E-state index is -0.400. The summed E-state index contributed by atoms with van der Waals surface area (Å²) in [5.41, 5.74) is 5.28. The molecule has 0 radical (unpaired) electrons. The van der Waals surface area contributed by atoms with Crippen molar-refractivity contribution in [2.75, 3.05) is 7.05 Å². The van der Waals surface area contributed by atoms with E-state index >= 15 is 0 Å². The van der Waals surface area contributed by atoms with Crippen LogP contribution in [0.5, 0.6) is 0 Å². The van der Waals surface area contributed by atoms with Crippen molar-refractivity contribution >= 4 is 37.8 Å². The summed E-state index contributed by atoms with van der Waals surface area (Å²) < 4.78 is 3.49. The number of nitrogens with two attached hydrogens (primary N) is 1. The topological polar surface area (TPSA) is 72.9 Å². The summed E-state index contributed by atoms with van der Waals surface area (Å²) in [5, 5.41) is 2.88. The lowest BCUT2D eigenvalue weighted by atomic mass is 10.3. The van der Waals surface area contributed by atoms with E-state index in [1.165, 1.54) is 0 Å². The first-order valence-electron chi connectivity index (χ1n) is 4.88. The number of carbonyl (C=O) groups is 1. The van der Waals surface area contributed by atoms with E-state index in [0.717, 1.165) is 21.5 Å². The van der Waals surface area contributed by atoms with E-state index < -0.39 is 6.04 Å². The predicted molar refractivity (Wildman–Crippen MR) is 69.0 cm³/mol. The van der Waals surface area contributed by atoms with Gasteiger partial charge in [-0.05, 0) is 38.9 Å². The van der Waals surface area contributed by atoms with Crippen molar-refractivity contribution in [2.45, 2.75) is 25.9 Å². The third kappa shape index (κ3) is 2.83. The number of imidazole rings is 1. The smallest absolute Gasteiger partial charge is 0.236 e. The van der Waals surface area contributed by atoms with Gasteiger partial charge in [-0.15, -0.1) is 0 Å². The molecule has 5 nitrogen and oxygen atoms in total. The molecule has 7 heteroatoms. The van der Waals surface area contributed by atoms with Gasteiger partial charge in [-0.1, -0.05) is 6.92 Å². The maximum atomic E-state index is 11.2. The Morgan fingerprint density at radius 1 is 1.62 bits per heavy atom. The van der Waals surface area contributed by atoms with Gasteiger partial charge >= 0.3 is 0 Å². The summed E-state index contributed by atoms with van der Waals surface area (Å²) in [4.78, 5) is 15.5. The summed E-state index contributed by atoms with van der Waals surface area (Å²) >= 11 is 6.76. The molecule has 0 aliphatic heterocycles. The molecule has 1 amide bonds. The van der Waals surface area contributed by atoms with Crippen molar-refractivity contribution in [1.82, 2.24) is 14.9 Å². The van der Waals surface area contributed by atoms with Gasteiger partial charge in [0.15, 0.2) is 0 Å². The molecule has 0 spiro atoms. The van der Waals surface area contributed by atoms with Crippen LogP contribution in [0.4, 0.5) is 0 Å². The first-order valence-corrected chi connectivity index (χ1v) is 6.46. The number of aromatic nitrogens is 2. The number of carbonyl (C=O) groups excluding carboxylic acids is 1. The SMILES string of the molecule is CCc1nc(Br)c(Br)n1CC(NC)C(N)=O. The number of nitrogens with zero attached hydrogens (tertiary/aromatic N) is 2. The summed E-state index contributed by atoms with van der Waals surface area (Å²) in [6, 6.07) is -0.400. The number of rotatable bonds is 5. The number of primary amides is 1. The van der Waals surface area contributed by atoms with Gasteiger partial charge in [-0.3, -0.25) is 4.79 Å². The van der Waals surface area contributed by atoms with Crippen LogP contribution in [-0.4, -0.2) is 28.5 Å². The third-order valence-corrected chi connectivity index (χ3v) is 4.21. The first-order chi connectivity index (χ1) is 7.51. The van der Waals surface area contributed by atoms with Gasteiger partial charge in [0, 0.05) is 13.0 Å². The van der Waals surface area contributed by atoms with Gasteiger partial charge < -0.3 is 15.6 Å². The Morgan fingerprint density at radius 3 is 2.69 bits per heavy atom. The fourth-order valence-electron chi connectivity index (χ4n) is 1.41. The molecule has 0 aliphatic carbocycles. The van der Waals surface area contributed by atoms with Crippen LogP contribution in [-0.2, 0) is 17.8 Å². The average molecular weight is 354 g/mol. The molecular weight excluding hydrogens is 340 g/mol. The highest BCUT2D eigenvalue weighted by molar-refractivity contribution is 9.13. The van der Waals surface area contributed by atoms with Crippen LogP contribution in [0.15, 0.2) is 9.21 Å². The molecule has 1 atom stereocenters. The standard InChI is InChI=1S/C9H14Br2N4O/c1-3-6-14-7(10)8(11)15(6)4-5(13-2)9(12)16/h5,13H,3-4H2,1-2H3,(H2,12,16). The maximum absolute atomic E-state index is 11.2. The summed E-state index contributed by atoms with van der Waals surface area (Å²) in [5.74, 6) is 0.529. The fourth-order valence-corrected chi connectivity index (χ4v) is 2.26. The van der Waals surface area contributed by atoms with E-state index in [0.29, 0.717) is 6.54 Å². The number of likely N-dealkylation sites (N-methyl/N-ethyl adjacent to an activating group) is 1. The molecule has 1 unspecified atom stereocenters. The van der Waals surface area contributed by atoms with Gasteiger partial charge in [0.05, 0.1) is 0 Å². The first kappa shape index (κ1) is 13.7. The molecule has 1 aromatic rings. The van der Waals surface area contributed by atoms with Crippen LogP contribution in [0.1, 0.15) is 12.7 Å². The zero-order valence-corrected chi connectivity index (χ0v) is 12.3. The van der Waals surface area contributed by atoms with E-state index in [2.05, 4.69) is 42.2 Å². The monoisotopic (exact) mass is 352 g/mol. The molecule has 1 heterocycles. The van der Waals surface area contributed by atoms with E-state index in [9.17, 15) is 4.79 Å². The van der Waals surface area contributed by atoms with Crippen LogP contribution in [0.25, 0.3) is 0 Å². The number of nitrogens with one attached hydrogen (secondary N) is 1. The molecule has 90 valence electrons. The summed E-state index contributed by atoms with van der Waals surface area (Å²) in [7, 11) is 1.71. The van der Waals surface area contributed by atoms with E-state index in [-0.39, 0.29) is 5.91 Å². The van der Waals surface area contributed by atoms with Crippen molar-refractivity contribution in [3.63, 3.8) is 0 Å². The summed E-state index contributed by atoms with van der Waals surface area (Å²) in [6.45, 7) is 2.48. The number of amides is 1. The van der Waals surface area contributed by atoms with Crippen molar-refractivity contribution in [2.24, 2.45) is 5.73 Å². The Bertz CT molecular complexity index is 391. The van der Waals surface area contributed by atoms with E-state index in [1.807, 2.05) is 11.5 Å². The van der Waals surface area contributed by atoms with Crippen molar-refractivity contribution < 1.29 is 4.79 Å². The zero-order valence-electron chi connectivity index (χ0n) is 9.13. The van der Waals surface area contributed by atoms with E-state index in [1.54, 1.807) is 7.05 Å². The fraction of sp³-hybridized carbons (Fsp3) is 0.556. The molecule has 1 rings (SSSR count). The second kappa shape index (κ2) is 5.79. The number of aryl methyl sites for hydroxylation is 1. The maximum Gasteiger partial charge on any atom is 0.236 e. The van der Waals surface area contributed by atoms with Gasteiger partial charge in [0.25, 0.3) is 0 Å². The molecular formula is C9H14Br2N4O. The third-order valence-electron chi connectivity index (χ3n) is 2.32. The number of hydrogen-bond acceptors (Lipinski definition) is 3. The molecule has 0 saturated carbocycles. The number of halogens is 2. The van der Waals surface area contributed by atoms with Gasteiger partial charge in [0.2, 0.25) is 5.91 Å². The molecule has 3 N–H and O–H groups in total. The predicted octanol–water partition coefficient (Wildman–Crippen LogP) is 1.04. The second-order valence-electron chi connectivity index (χ2n) is 3.32. The molecule has 1 aromatic heterocycles. The minimum Gasteiger partial charge on any atom is -0.368 e. The van der Waals surface area contributed by atoms with Gasteiger partial charge in [-0.25, -0.2) is 4.98 Å².